The number of carbonyl (C=O) groups excluding carboxylic acids is 1. The first kappa shape index (κ1) is 15.0. The maximum atomic E-state index is 12.6. The Morgan fingerprint density at radius 1 is 0.696 bits per heavy atom. The van der Waals surface area contributed by atoms with Gasteiger partial charge in [-0.15, -0.1) is 0 Å². The van der Waals surface area contributed by atoms with Crippen molar-refractivity contribution in [3.05, 3.63) is 108 Å². The number of amides is 1. The van der Waals surface area contributed by atoms with Crippen molar-refractivity contribution in [2.75, 3.05) is 0 Å². The maximum Gasteiger partial charge on any atom is 0.278 e. The largest absolute Gasteiger partial charge is 0.285 e. The van der Waals surface area contributed by atoms with Gasteiger partial charge in [0.1, 0.15) is 6.04 Å². The van der Waals surface area contributed by atoms with E-state index in [1.807, 2.05) is 66.7 Å². The zero-order chi connectivity index (χ0) is 16.1. The van der Waals surface area contributed by atoms with Gasteiger partial charge in [-0.3, -0.25) is 10.0 Å². The molecule has 0 aromatic heterocycles. The average molecular weight is 303 g/mol. The summed E-state index contributed by atoms with van der Waals surface area (Å²) in [4.78, 5) is 12.6. The van der Waals surface area contributed by atoms with Crippen LogP contribution in [0.25, 0.3) is 0 Å². The van der Waals surface area contributed by atoms with Crippen LogP contribution >= 0.6 is 0 Å². The fraction of sp³-hybridized carbons (Fsp3) is 0.0500. The maximum absolute atomic E-state index is 12.6. The van der Waals surface area contributed by atoms with Crippen molar-refractivity contribution in [2.24, 2.45) is 0 Å². The molecule has 3 heteroatoms. The molecular weight excluding hydrogens is 286 g/mol. The molecule has 0 bridgehead atoms. The van der Waals surface area contributed by atoms with Crippen molar-refractivity contribution >= 4 is 5.91 Å². The van der Waals surface area contributed by atoms with E-state index in [2.05, 4.69) is 0 Å². The lowest BCUT2D eigenvalue weighted by molar-refractivity contribution is -0.0798. The summed E-state index contributed by atoms with van der Waals surface area (Å²) in [6.45, 7) is 0. The summed E-state index contributed by atoms with van der Waals surface area (Å²) in [6, 6.07) is 27.2. The molecule has 1 N–H and O–H groups in total. The molecule has 0 saturated carbocycles. The van der Waals surface area contributed by atoms with Crippen LogP contribution in [-0.4, -0.2) is 16.2 Å². The Labute approximate surface area is 135 Å². The lowest BCUT2D eigenvalue weighted by Gasteiger charge is -2.27. The standard InChI is InChI=1S/C20H17NO2/c22-20(18-14-8-3-9-15-18)21(23)19(16-10-4-1-5-11-16)17-12-6-2-7-13-17/h1-15,19,23H. The first-order chi connectivity index (χ1) is 11.3. The Bertz CT molecular complexity index is 718. The summed E-state index contributed by atoms with van der Waals surface area (Å²) in [5, 5.41) is 11.4. The summed E-state index contributed by atoms with van der Waals surface area (Å²) < 4.78 is 0. The van der Waals surface area contributed by atoms with Crippen molar-refractivity contribution in [1.29, 1.82) is 0 Å². The van der Waals surface area contributed by atoms with Gasteiger partial charge in [0.15, 0.2) is 0 Å². The number of nitrogens with zero attached hydrogens (tertiary/aromatic N) is 1. The second kappa shape index (κ2) is 6.90. The van der Waals surface area contributed by atoms with Crippen molar-refractivity contribution in [3.8, 4) is 0 Å². The third-order valence-electron chi connectivity index (χ3n) is 3.70. The molecule has 0 saturated heterocycles. The topological polar surface area (TPSA) is 40.5 Å². The van der Waals surface area contributed by atoms with E-state index in [1.165, 1.54) is 0 Å². The van der Waals surface area contributed by atoms with Crippen LogP contribution in [0, 0.1) is 0 Å². The highest BCUT2D eigenvalue weighted by atomic mass is 16.5. The van der Waals surface area contributed by atoms with Crippen LogP contribution in [0.2, 0.25) is 0 Å². The molecule has 0 aliphatic rings. The Morgan fingerprint density at radius 2 is 1.09 bits per heavy atom. The second-order valence-corrected chi connectivity index (χ2v) is 5.24. The fourth-order valence-electron chi connectivity index (χ4n) is 2.58. The van der Waals surface area contributed by atoms with E-state index >= 15 is 0 Å². The molecule has 3 nitrogen and oxygen atoms in total. The molecule has 0 radical (unpaired) electrons. The van der Waals surface area contributed by atoms with Gasteiger partial charge < -0.3 is 0 Å². The summed E-state index contributed by atoms with van der Waals surface area (Å²) in [5.41, 5.74) is 2.16. The fourth-order valence-corrected chi connectivity index (χ4v) is 2.58. The Balaban J connectivity index is 2.00. The van der Waals surface area contributed by atoms with Crippen LogP contribution in [0.4, 0.5) is 0 Å². The van der Waals surface area contributed by atoms with Crippen molar-refractivity contribution in [2.45, 2.75) is 6.04 Å². The van der Waals surface area contributed by atoms with E-state index in [0.29, 0.717) is 5.56 Å². The monoisotopic (exact) mass is 303 g/mol. The van der Waals surface area contributed by atoms with Crippen molar-refractivity contribution in [3.63, 3.8) is 0 Å². The quantitative estimate of drug-likeness (QED) is 0.576. The van der Waals surface area contributed by atoms with Gasteiger partial charge in [-0.05, 0) is 23.3 Å². The van der Waals surface area contributed by atoms with Gasteiger partial charge in [0.05, 0.1) is 0 Å². The Morgan fingerprint density at radius 3 is 1.52 bits per heavy atom. The number of hydroxylamine groups is 2. The van der Waals surface area contributed by atoms with Gasteiger partial charge >= 0.3 is 0 Å². The lowest BCUT2D eigenvalue weighted by atomic mass is 9.98. The molecule has 3 rings (SSSR count). The first-order valence-corrected chi connectivity index (χ1v) is 7.45. The van der Waals surface area contributed by atoms with Gasteiger partial charge in [-0.2, -0.15) is 0 Å². The third-order valence-corrected chi connectivity index (χ3v) is 3.70. The smallest absolute Gasteiger partial charge is 0.278 e. The second-order valence-electron chi connectivity index (χ2n) is 5.24. The number of benzene rings is 3. The predicted octanol–water partition coefficient (Wildman–Crippen LogP) is 4.31. The van der Waals surface area contributed by atoms with Crippen LogP contribution in [0.1, 0.15) is 27.5 Å². The SMILES string of the molecule is O=C(c1ccccc1)N(O)C(c1ccccc1)c1ccccc1. The van der Waals surface area contributed by atoms with E-state index in [9.17, 15) is 10.0 Å². The predicted molar refractivity (Wildman–Crippen MR) is 89.1 cm³/mol. The van der Waals surface area contributed by atoms with Crippen molar-refractivity contribution in [1.82, 2.24) is 5.06 Å². The Hall–Kier alpha value is -2.91. The molecule has 1 amide bonds. The minimum absolute atomic E-state index is 0.427. The Kier molecular flexibility index (Phi) is 4.50. The summed E-state index contributed by atoms with van der Waals surface area (Å²) >= 11 is 0. The van der Waals surface area contributed by atoms with E-state index in [-0.39, 0.29) is 0 Å². The molecule has 3 aromatic carbocycles. The minimum Gasteiger partial charge on any atom is -0.285 e. The van der Waals surface area contributed by atoms with Gasteiger partial charge in [-0.25, -0.2) is 5.06 Å². The average Bonchev–Trinajstić information content (AvgIpc) is 2.64. The summed E-state index contributed by atoms with van der Waals surface area (Å²) in [6.07, 6.45) is 0. The molecule has 0 spiro atoms. The third kappa shape index (κ3) is 3.30. The minimum atomic E-state index is -0.551. The van der Waals surface area contributed by atoms with Crippen LogP contribution in [0.15, 0.2) is 91.0 Å². The van der Waals surface area contributed by atoms with Gasteiger partial charge in [0.25, 0.3) is 5.91 Å². The molecule has 0 unspecified atom stereocenters. The lowest BCUT2D eigenvalue weighted by Crippen LogP contribution is -2.32. The number of hydrogen-bond acceptors (Lipinski definition) is 2. The molecule has 3 aromatic rings. The van der Waals surface area contributed by atoms with Gasteiger partial charge in [-0.1, -0.05) is 78.9 Å². The molecule has 0 aliphatic carbocycles. The number of hydrogen-bond donors (Lipinski definition) is 1. The van der Waals surface area contributed by atoms with E-state index in [0.717, 1.165) is 16.2 Å². The molecule has 0 atom stereocenters. The molecule has 23 heavy (non-hydrogen) atoms. The highest BCUT2D eigenvalue weighted by molar-refractivity contribution is 5.93. The molecule has 114 valence electrons. The number of carbonyl (C=O) groups is 1. The van der Waals surface area contributed by atoms with Gasteiger partial charge in [0, 0.05) is 5.56 Å². The van der Waals surface area contributed by atoms with Crippen LogP contribution in [0.3, 0.4) is 0 Å². The summed E-state index contributed by atoms with van der Waals surface area (Å²) in [5.74, 6) is -0.427. The zero-order valence-electron chi connectivity index (χ0n) is 12.5. The van der Waals surface area contributed by atoms with Crippen LogP contribution in [-0.2, 0) is 0 Å². The summed E-state index contributed by atoms with van der Waals surface area (Å²) in [7, 11) is 0. The van der Waals surface area contributed by atoms with Gasteiger partial charge in [0.2, 0.25) is 0 Å². The highest BCUT2D eigenvalue weighted by Crippen LogP contribution is 2.28. The van der Waals surface area contributed by atoms with E-state index in [1.54, 1.807) is 24.3 Å². The van der Waals surface area contributed by atoms with Crippen LogP contribution < -0.4 is 0 Å². The molecule has 0 fully saturated rings. The zero-order valence-corrected chi connectivity index (χ0v) is 12.5. The highest BCUT2D eigenvalue weighted by Gasteiger charge is 2.26. The van der Waals surface area contributed by atoms with E-state index in [4.69, 9.17) is 0 Å². The molecular formula is C20H17NO2. The first-order valence-electron chi connectivity index (χ1n) is 7.45. The normalized spacial score (nSPS) is 10.5. The molecule has 0 aliphatic heterocycles. The number of rotatable bonds is 4. The molecule has 0 heterocycles. The van der Waals surface area contributed by atoms with Crippen LogP contribution in [0.5, 0.6) is 0 Å². The van der Waals surface area contributed by atoms with E-state index < -0.39 is 11.9 Å². The van der Waals surface area contributed by atoms with Crippen molar-refractivity contribution < 1.29 is 10.0 Å².